The molecule has 1 aromatic carbocycles. The van der Waals surface area contributed by atoms with E-state index in [0.29, 0.717) is 0 Å². The standard InChI is InChI=1S/C9H8F5O3P/c1-8(10,11)9(12,13)17-18(14,15)16-7-5-3-2-4-6-7/h2-6H,1H3. The molecule has 0 spiro atoms. The molecule has 1 atom stereocenters. The average Bonchev–Trinajstić information content (AvgIpc) is 2.14. The van der Waals surface area contributed by atoms with Crippen molar-refractivity contribution in [1.29, 1.82) is 0 Å². The molecule has 0 heterocycles. The summed E-state index contributed by atoms with van der Waals surface area (Å²) in [6.45, 7) is -0.199. The molecule has 0 fully saturated rings. The van der Waals surface area contributed by atoms with Crippen LogP contribution in [0.15, 0.2) is 30.3 Å². The fourth-order valence-electron chi connectivity index (χ4n) is 0.843. The van der Waals surface area contributed by atoms with E-state index in [1.165, 1.54) is 18.2 Å². The average molecular weight is 290 g/mol. The first kappa shape index (κ1) is 14.9. The van der Waals surface area contributed by atoms with Crippen molar-refractivity contribution in [3.8, 4) is 5.75 Å². The molecule has 1 aromatic rings. The van der Waals surface area contributed by atoms with E-state index in [2.05, 4.69) is 9.05 Å². The topological polar surface area (TPSA) is 35.5 Å². The number of hydrogen-bond acceptors (Lipinski definition) is 3. The monoisotopic (exact) mass is 290 g/mol. The summed E-state index contributed by atoms with van der Waals surface area (Å²) in [7, 11) is -5.86. The van der Waals surface area contributed by atoms with E-state index >= 15 is 0 Å². The number of para-hydroxylation sites is 1. The summed E-state index contributed by atoms with van der Waals surface area (Å²) in [4.78, 5) is 0. The third kappa shape index (κ3) is 3.96. The SMILES string of the molecule is CC(F)(F)C(F)(F)OP(=O)(F)Oc1ccccc1. The quantitative estimate of drug-likeness (QED) is 0.595. The molecule has 0 aromatic heterocycles. The number of benzene rings is 1. The Bertz CT molecular complexity index is 445. The van der Waals surface area contributed by atoms with Gasteiger partial charge in [-0.25, -0.2) is 9.09 Å². The van der Waals surface area contributed by atoms with Gasteiger partial charge in [0.05, 0.1) is 0 Å². The van der Waals surface area contributed by atoms with Crippen molar-refractivity contribution in [3.63, 3.8) is 0 Å². The second-order valence-electron chi connectivity index (χ2n) is 3.33. The zero-order valence-electron chi connectivity index (χ0n) is 8.95. The van der Waals surface area contributed by atoms with Crippen molar-refractivity contribution in [2.75, 3.05) is 0 Å². The molecule has 3 nitrogen and oxygen atoms in total. The third-order valence-corrected chi connectivity index (χ3v) is 2.57. The smallest absolute Gasteiger partial charge is 0.401 e. The van der Waals surface area contributed by atoms with Crippen LogP contribution >= 0.6 is 7.91 Å². The van der Waals surface area contributed by atoms with Crippen LogP contribution in [0.4, 0.5) is 21.8 Å². The van der Waals surface area contributed by atoms with Gasteiger partial charge in [-0.2, -0.15) is 17.6 Å². The van der Waals surface area contributed by atoms with Crippen LogP contribution in [0.25, 0.3) is 0 Å². The van der Waals surface area contributed by atoms with Crippen LogP contribution in [-0.2, 0) is 9.09 Å². The van der Waals surface area contributed by atoms with Crippen molar-refractivity contribution in [1.82, 2.24) is 0 Å². The zero-order valence-corrected chi connectivity index (χ0v) is 9.84. The van der Waals surface area contributed by atoms with Crippen LogP contribution in [-0.4, -0.2) is 12.0 Å². The molecule has 0 aliphatic carbocycles. The molecule has 18 heavy (non-hydrogen) atoms. The molecule has 9 heteroatoms. The molecular weight excluding hydrogens is 282 g/mol. The van der Waals surface area contributed by atoms with E-state index < -0.39 is 25.7 Å². The predicted molar refractivity (Wildman–Crippen MR) is 52.4 cm³/mol. The Hall–Kier alpha value is -1.14. The molecule has 0 bridgehead atoms. The lowest BCUT2D eigenvalue weighted by molar-refractivity contribution is -0.305. The highest BCUT2D eigenvalue weighted by Crippen LogP contribution is 2.56. The Kier molecular flexibility index (Phi) is 4.02. The summed E-state index contributed by atoms with van der Waals surface area (Å²) in [6, 6.07) is 6.35. The first-order chi connectivity index (χ1) is 8.04. The van der Waals surface area contributed by atoms with Crippen LogP contribution in [0.2, 0.25) is 0 Å². The second-order valence-corrected chi connectivity index (χ2v) is 4.56. The minimum Gasteiger partial charge on any atom is -0.401 e. The van der Waals surface area contributed by atoms with Crippen molar-refractivity contribution >= 4 is 7.91 Å². The van der Waals surface area contributed by atoms with Gasteiger partial charge in [0.2, 0.25) is 0 Å². The maximum Gasteiger partial charge on any atom is 0.574 e. The Morgan fingerprint density at radius 2 is 1.61 bits per heavy atom. The van der Waals surface area contributed by atoms with Crippen molar-refractivity contribution < 1.29 is 35.4 Å². The van der Waals surface area contributed by atoms with Gasteiger partial charge in [-0.05, 0) is 12.1 Å². The largest absolute Gasteiger partial charge is 0.574 e. The lowest BCUT2D eigenvalue weighted by Crippen LogP contribution is -2.39. The highest BCUT2D eigenvalue weighted by molar-refractivity contribution is 7.48. The van der Waals surface area contributed by atoms with Crippen LogP contribution in [0.5, 0.6) is 5.75 Å². The molecule has 1 unspecified atom stereocenters. The Labute approximate surface area is 99.2 Å². The number of alkyl halides is 4. The van der Waals surface area contributed by atoms with Crippen LogP contribution < -0.4 is 4.52 Å². The second kappa shape index (κ2) is 4.85. The van der Waals surface area contributed by atoms with E-state index in [-0.39, 0.29) is 6.92 Å². The van der Waals surface area contributed by atoms with Gasteiger partial charge >= 0.3 is 19.9 Å². The lowest BCUT2D eigenvalue weighted by Gasteiger charge is -2.23. The molecule has 102 valence electrons. The molecular formula is C9H8F5O3P. The lowest BCUT2D eigenvalue weighted by atomic mass is 10.3. The zero-order chi connectivity index (χ0) is 14.0. The summed E-state index contributed by atoms with van der Waals surface area (Å²) >= 11 is 0. The summed E-state index contributed by atoms with van der Waals surface area (Å²) in [5.41, 5.74) is 0. The first-order valence-electron chi connectivity index (χ1n) is 4.54. The molecule has 0 amide bonds. The van der Waals surface area contributed by atoms with Gasteiger partial charge in [0.15, 0.2) is 0 Å². The van der Waals surface area contributed by atoms with Gasteiger partial charge in [0.1, 0.15) is 5.75 Å². The van der Waals surface area contributed by atoms with Gasteiger partial charge in [0.25, 0.3) is 0 Å². The maximum absolute atomic E-state index is 13.1. The number of hydrogen-bond donors (Lipinski definition) is 0. The van der Waals surface area contributed by atoms with E-state index in [0.717, 1.165) is 12.1 Å². The molecule has 0 saturated carbocycles. The van der Waals surface area contributed by atoms with Gasteiger partial charge in [-0.1, -0.05) is 18.2 Å². The Balaban J connectivity index is 2.80. The summed E-state index contributed by atoms with van der Waals surface area (Å²) < 4.78 is 81.0. The van der Waals surface area contributed by atoms with E-state index in [1.54, 1.807) is 0 Å². The fourth-order valence-corrected chi connectivity index (χ4v) is 1.69. The molecule has 0 N–H and O–H groups in total. The normalized spacial score (nSPS) is 16.1. The minimum atomic E-state index is -5.86. The summed E-state index contributed by atoms with van der Waals surface area (Å²) in [5.74, 6) is -5.09. The molecule has 0 radical (unpaired) electrons. The predicted octanol–water partition coefficient (Wildman–Crippen LogP) is 4.41. The van der Waals surface area contributed by atoms with Gasteiger partial charge in [-0.15, -0.1) is 4.20 Å². The van der Waals surface area contributed by atoms with Crippen LogP contribution in [0.3, 0.4) is 0 Å². The van der Waals surface area contributed by atoms with E-state index in [4.69, 9.17) is 0 Å². The van der Waals surface area contributed by atoms with Crippen molar-refractivity contribution in [2.45, 2.75) is 19.0 Å². The third-order valence-electron chi connectivity index (χ3n) is 1.69. The highest BCUT2D eigenvalue weighted by atomic mass is 31.2. The fraction of sp³-hybridized carbons (Fsp3) is 0.333. The van der Waals surface area contributed by atoms with E-state index in [9.17, 15) is 26.3 Å². The first-order valence-corrected chi connectivity index (χ1v) is 5.98. The van der Waals surface area contributed by atoms with Crippen LogP contribution in [0, 0.1) is 0 Å². The highest BCUT2D eigenvalue weighted by Gasteiger charge is 2.59. The number of halogens is 5. The Morgan fingerprint density at radius 1 is 1.11 bits per heavy atom. The van der Waals surface area contributed by atoms with Gasteiger partial charge in [0, 0.05) is 6.92 Å². The molecule has 1 rings (SSSR count). The maximum atomic E-state index is 13.1. The Morgan fingerprint density at radius 3 is 2.06 bits per heavy atom. The molecule has 0 saturated heterocycles. The summed E-state index contributed by atoms with van der Waals surface area (Å²) in [6.07, 6.45) is -5.24. The van der Waals surface area contributed by atoms with Crippen LogP contribution in [0.1, 0.15) is 6.92 Å². The van der Waals surface area contributed by atoms with E-state index in [1.807, 2.05) is 0 Å². The van der Waals surface area contributed by atoms with Gasteiger partial charge in [-0.3, -0.25) is 0 Å². The summed E-state index contributed by atoms with van der Waals surface area (Å²) in [5, 5.41) is 0. The molecule has 0 aliphatic rings. The van der Waals surface area contributed by atoms with Crippen molar-refractivity contribution in [2.24, 2.45) is 0 Å². The number of rotatable bonds is 5. The van der Waals surface area contributed by atoms with Gasteiger partial charge < -0.3 is 4.52 Å². The minimum absolute atomic E-state index is 0.199. The van der Waals surface area contributed by atoms with Crippen molar-refractivity contribution in [3.05, 3.63) is 30.3 Å². The molecule has 0 aliphatic heterocycles.